The molecule has 7 heteroatoms. The second-order valence-corrected chi connectivity index (χ2v) is 3.49. The number of tetrazole rings is 1. The van der Waals surface area contributed by atoms with Crippen molar-refractivity contribution in [3.8, 4) is 5.69 Å². The third-order valence-corrected chi connectivity index (χ3v) is 2.26. The van der Waals surface area contributed by atoms with Gasteiger partial charge in [0.05, 0.1) is 11.4 Å². The number of rotatable bonds is 5. The van der Waals surface area contributed by atoms with Crippen molar-refractivity contribution in [1.82, 2.24) is 20.2 Å². The third-order valence-electron chi connectivity index (χ3n) is 2.26. The summed E-state index contributed by atoms with van der Waals surface area (Å²) in [5.41, 5.74) is 6.50. The molecular weight excluding hydrogens is 223 g/mol. The maximum atomic E-state index is 13.5. The van der Waals surface area contributed by atoms with Crippen LogP contribution in [0.3, 0.4) is 0 Å². The number of aromatic nitrogens is 4. The van der Waals surface area contributed by atoms with Crippen molar-refractivity contribution in [3.05, 3.63) is 30.3 Å². The Balaban J connectivity index is 2.18. The standard InChI is InChI=1S/C10H13FN6/c11-9-3-2-8(17-7-14-15-16-17)6-10(9)13-5-1-4-12/h2-3,6-7,13H,1,4-5,12H2. The van der Waals surface area contributed by atoms with Crippen LogP contribution < -0.4 is 11.1 Å². The van der Waals surface area contributed by atoms with Crippen molar-refractivity contribution in [3.63, 3.8) is 0 Å². The van der Waals surface area contributed by atoms with Crippen molar-refractivity contribution in [2.75, 3.05) is 18.4 Å². The molecule has 1 aromatic heterocycles. The Labute approximate surface area is 97.6 Å². The van der Waals surface area contributed by atoms with Gasteiger partial charge in [-0.15, -0.1) is 5.10 Å². The molecule has 0 bridgehead atoms. The number of hydrogen-bond donors (Lipinski definition) is 2. The minimum absolute atomic E-state index is 0.307. The molecule has 17 heavy (non-hydrogen) atoms. The summed E-state index contributed by atoms with van der Waals surface area (Å²) in [5, 5.41) is 13.8. The Kier molecular flexibility index (Phi) is 3.61. The molecule has 0 amide bonds. The van der Waals surface area contributed by atoms with Crippen LogP contribution in [0, 0.1) is 5.82 Å². The van der Waals surface area contributed by atoms with E-state index in [4.69, 9.17) is 5.73 Å². The molecule has 6 nitrogen and oxygen atoms in total. The van der Waals surface area contributed by atoms with Crippen molar-refractivity contribution in [1.29, 1.82) is 0 Å². The van der Waals surface area contributed by atoms with Crippen LogP contribution in [0.25, 0.3) is 5.69 Å². The van der Waals surface area contributed by atoms with Gasteiger partial charge in [0.15, 0.2) is 0 Å². The second-order valence-electron chi connectivity index (χ2n) is 3.49. The van der Waals surface area contributed by atoms with Crippen molar-refractivity contribution < 1.29 is 4.39 Å². The largest absolute Gasteiger partial charge is 0.383 e. The summed E-state index contributed by atoms with van der Waals surface area (Å²) in [6.07, 6.45) is 2.24. The van der Waals surface area contributed by atoms with E-state index in [1.807, 2.05) is 0 Å². The van der Waals surface area contributed by atoms with E-state index in [2.05, 4.69) is 20.8 Å². The molecule has 2 rings (SSSR count). The van der Waals surface area contributed by atoms with Gasteiger partial charge in [-0.25, -0.2) is 9.07 Å². The zero-order valence-corrected chi connectivity index (χ0v) is 9.17. The molecular formula is C10H13FN6. The molecule has 0 aliphatic rings. The van der Waals surface area contributed by atoms with Gasteiger partial charge in [-0.2, -0.15) is 0 Å². The van der Waals surface area contributed by atoms with Crippen LogP contribution in [-0.4, -0.2) is 33.3 Å². The lowest BCUT2D eigenvalue weighted by Gasteiger charge is -2.08. The summed E-state index contributed by atoms with van der Waals surface area (Å²) < 4.78 is 14.9. The molecule has 0 saturated carbocycles. The van der Waals surface area contributed by atoms with Gasteiger partial charge >= 0.3 is 0 Å². The quantitative estimate of drug-likeness (QED) is 0.741. The summed E-state index contributed by atoms with van der Waals surface area (Å²) in [4.78, 5) is 0. The molecule has 0 atom stereocenters. The van der Waals surface area contributed by atoms with Crippen LogP contribution in [0.1, 0.15) is 6.42 Å². The SMILES string of the molecule is NCCCNc1cc(-n2cnnn2)ccc1F. The van der Waals surface area contributed by atoms with E-state index in [1.54, 1.807) is 12.1 Å². The maximum absolute atomic E-state index is 13.5. The van der Waals surface area contributed by atoms with Gasteiger partial charge in [0.1, 0.15) is 12.1 Å². The van der Waals surface area contributed by atoms with E-state index in [9.17, 15) is 4.39 Å². The van der Waals surface area contributed by atoms with Gasteiger partial charge in [-0.3, -0.25) is 0 Å². The third kappa shape index (κ3) is 2.76. The first-order chi connectivity index (χ1) is 8.31. The van der Waals surface area contributed by atoms with Gasteiger partial charge in [0.25, 0.3) is 0 Å². The predicted octanol–water partition coefficient (Wildman–Crippen LogP) is 0.562. The predicted molar refractivity (Wildman–Crippen MR) is 61.3 cm³/mol. The van der Waals surface area contributed by atoms with Crippen LogP contribution in [0.15, 0.2) is 24.5 Å². The van der Waals surface area contributed by atoms with Crippen LogP contribution in [0.2, 0.25) is 0 Å². The fraction of sp³-hybridized carbons (Fsp3) is 0.300. The zero-order chi connectivity index (χ0) is 12.1. The second kappa shape index (κ2) is 5.35. The zero-order valence-electron chi connectivity index (χ0n) is 9.17. The average molecular weight is 236 g/mol. The average Bonchev–Trinajstić information content (AvgIpc) is 2.85. The molecule has 2 aromatic rings. The van der Waals surface area contributed by atoms with Gasteiger partial charge < -0.3 is 11.1 Å². The smallest absolute Gasteiger partial charge is 0.146 e. The van der Waals surface area contributed by atoms with Gasteiger partial charge in [0.2, 0.25) is 0 Å². The number of nitrogens with zero attached hydrogens (tertiary/aromatic N) is 4. The van der Waals surface area contributed by atoms with Crippen LogP contribution >= 0.6 is 0 Å². The Morgan fingerprint density at radius 1 is 1.41 bits per heavy atom. The lowest BCUT2D eigenvalue weighted by atomic mass is 10.2. The maximum Gasteiger partial charge on any atom is 0.146 e. The number of hydrogen-bond acceptors (Lipinski definition) is 5. The molecule has 0 unspecified atom stereocenters. The molecule has 0 aliphatic carbocycles. The highest BCUT2D eigenvalue weighted by atomic mass is 19.1. The first kappa shape index (κ1) is 11.5. The molecule has 1 aromatic carbocycles. The first-order valence-electron chi connectivity index (χ1n) is 5.28. The summed E-state index contributed by atoms with van der Waals surface area (Å²) in [5.74, 6) is -0.307. The fourth-order valence-electron chi connectivity index (χ4n) is 1.40. The molecule has 0 fully saturated rings. The molecule has 1 heterocycles. The molecule has 0 spiro atoms. The van der Waals surface area contributed by atoms with E-state index in [0.29, 0.717) is 24.5 Å². The lowest BCUT2D eigenvalue weighted by Crippen LogP contribution is -2.09. The summed E-state index contributed by atoms with van der Waals surface area (Å²) in [6, 6.07) is 4.64. The number of nitrogens with two attached hydrogens (primary N) is 1. The number of benzene rings is 1. The van der Waals surface area contributed by atoms with Crippen molar-refractivity contribution in [2.45, 2.75) is 6.42 Å². The van der Waals surface area contributed by atoms with Gasteiger partial charge in [0, 0.05) is 6.54 Å². The minimum atomic E-state index is -0.307. The summed E-state index contributed by atoms with van der Waals surface area (Å²) in [7, 11) is 0. The van der Waals surface area contributed by atoms with Crippen LogP contribution in [0.5, 0.6) is 0 Å². The summed E-state index contributed by atoms with van der Waals surface area (Å²) >= 11 is 0. The highest BCUT2D eigenvalue weighted by molar-refractivity contribution is 5.51. The Hall–Kier alpha value is -2.02. The number of anilines is 1. The Morgan fingerprint density at radius 2 is 2.29 bits per heavy atom. The normalized spacial score (nSPS) is 10.5. The van der Waals surface area contributed by atoms with E-state index < -0.39 is 0 Å². The Morgan fingerprint density at radius 3 is 3.00 bits per heavy atom. The topological polar surface area (TPSA) is 81.6 Å². The van der Waals surface area contributed by atoms with E-state index in [0.717, 1.165) is 6.42 Å². The highest BCUT2D eigenvalue weighted by Crippen LogP contribution is 2.17. The first-order valence-corrected chi connectivity index (χ1v) is 5.28. The molecule has 0 aliphatic heterocycles. The van der Waals surface area contributed by atoms with Gasteiger partial charge in [-0.05, 0) is 41.6 Å². The number of nitrogens with one attached hydrogen (secondary N) is 1. The molecule has 0 radical (unpaired) electrons. The van der Waals surface area contributed by atoms with E-state index in [1.165, 1.54) is 17.1 Å². The van der Waals surface area contributed by atoms with Gasteiger partial charge in [-0.1, -0.05) is 0 Å². The lowest BCUT2D eigenvalue weighted by molar-refractivity contribution is 0.628. The highest BCUT2D eigenvalue weighted by Gasteiger charge is 2.05. The van der Waals surface area contributed by atoms with Crippen LogP contribution in [-0.2, 0) is 0 Å². The Bertz CT molecular complexity index is 470. The molecule has 3 N–H and O–H groups in total. The minimum Gasteiger partial charge on any atom is -0.383 e. The molecule has 90 valence electrons. The van der Waals surface area contributed by atoms with Crippen molar-refractivity contribution in [2.24, 2.45) is 5.73 Å². The molecule has 0 saturated heterocycles. The number of halogens is 1. The summed E-state index contributed by atoms with van der Waals surface area (Å²) in [6.45, 7) is 1.20. The van der Waals surface area contributed by atoms with Crippen LogP contribution in [0.4, 0.5) is 10.1 Å². The monoisotopic (exact) mass is 236 g/mol. The van der Waals surface area contributed by atoms with Crippen molar-refractivity contribution >= 4 is 5.69 Å². The van der Waals surface area contributed by atoms with E-state index >= 15 is 0 Å². The fourth-order valence-corrected chi connectivity index (χ4v) is 1.40. The van der Waals surface area contributed by atoms with E-state index in [-0.39, 0.29) is 5.82 Å².